The number of aromatic nitrogens is 1. The lowest BCUT2D eigenvalue weighted by molar-refractivity contribution is -0.133. The second-order valence-electron chi connectivity index (χ2n) is 4.74. The van der Waals surface area contributed by atoms with Gasteiger partial charge in [0.05, 0.1) is 34.0 Å². The minimum atomic E-state index is -0.449. The normalized spacial score (nSPS) is 10.9. The Bertz CT molecular complexity index is 715. The van der Waals surface area contributed by atoms with E-state index in [1.54, 1.807) is 42.7 Å². The molecule has 1 heterocycles. The molecule has 0 bridgehead atoms. The molecule has 6 heteroatoms. The Morgan fingerprint density at radius 2 is 1.54 bits per heavy atom. The zero-order chi connectivity index (χ0) is 17.5. The first-order chi connectivity index (χ1) is 11.6. The fraction of sp³-hybridized carbons (Fsp3) is 0.222. The smallest absolute Gasteiger partial charge is 0.338 e. The number of benzene rings is 1. The number of pyridine rings is 1. The lowest BCUT2D eigenvalue weighted by Gasteiger charge is -2.13. The molecule has 0 aliphatic rings. The molecule has 0 atom stereocenters. The standard InChI is InChI=1S/C18H19NO5/c1-21-15-10-12(11-16(22-2)17(15)23-3)9-14(18(20)24-4)13-5-7-19-8-6-13/h5-11H,1-4H3. The number of carbonyl (C=O) groups excluding carboxylic acids is 1. The van der Waals surface area contributed by atoms with Gasteiger partial charge in [0.1, 0.15) is 0 Å². The Labute approximate surface area is 140 Å². The summed E-state index contributed by atoms with van der Waals surface area (Å²) >= 11 is 0. The van der Waals surface area contributed by atoms with E-state index in [-0.39, 0.29) is 0 Å². The van der Waals surface area contributed by atoms with Crippen molar-refractivity contribution in [2.75, 3.05) is 28.4 Å². The number of rotatable bonds is 6. The van der Waals surface area contributed by atoms with Crippen molar-refractivity contribution >= 4 is 17.6 Å². The van der Waals surface area contributed by atoms with E-state index in [0.29, 0.717) is 33.9 Å². The van der Waals surface area contributed by atoms with E-state index < -0.39 is 5.97 Å². The predicted octanol–water partition coefficient (Wildman–Crippen LogP) is 2.82. The van der Waals surface area contributed by atoms with Crippen molar-refractivity contribution in [2.24, 2.45) is 0 Å². The summed E-state index contributed by atoms with van der Waals surface area (Å²) in [6, 6.07) is 6.98. The summed E-state index contributed by atoms with van der Waals surface area (Å²) in [7, 11) is 5.95. The fourth-order valence-electron chi connectivity index (χ4n) is 2.25. The summed E-state index contributed by atoms with van der Waals surface area (Å²) in [5.41, 5.74) is 1.81. The van der Waals surface area contributed by atoms with Crippen molar-refractivity contribution in [3.05, 3.63) is 47.8 Å². The van der Waals surface area contributed by atoms with E-state index in [1.165, 1.54) is 28.4 Å². The van der Waals surface area contributed by atoms with Crippen molar-refractivity contribution < 1.29 is 23.7 Å². The fourth-order valence-corrected chi connectivity index (χ4v) is 2.25. The molecule has 0 N–H and O–H groups in total. The molecule has 126 valence electrons. The van der Waals surface area contributed by atoms with Crippen LogP contribution in [0.4, 0.5) is 0 Å². The number of hydrogen-bond acceptors (Lipinski definition) is 6. The van der Waals surface area contributed by atoms with Gasteiger partial charge in [-0.2, -0.15) is 0 Å². The zero-order valence-electron chi connectivity index (χ0n) is 14.0. The van der Waals surface area contributed by atoms with Gasteiger partial charge in [0.25, 0.3) is 0 Å². The monoisotopic (exact) mass is 329 g/mol. The highest BCUT2D eigenvalue weighted by atomic mass is 16.5. The highest BCUT2D eigenvalue weighted by Crippen LogP contribution is 2.39. The topological polar surface area (TPSA) is 66.9 Å². The summed E-state index contributed by atoms with van der Waals surface area (Å²) < 4.78 is 20.8. The molecular weight excluding hydrogens is 310 g/mol. The largest absolute Gasteiger partial charge is 0.493 e. The van der Waals surface area contributed by atoms with Gasteiger partial charge < -0.3 is 18.9 Å². The summed E-state index contributed by atoms with van der Waals surface area (Å²) in [6.07, 6.45) is 4.92. The van der Waals surface area contributed by atoms with E-state index in [0.717, 1.165) is 0 Å². The molecule has 0 amide bonds. The van der Waals surface area contributed by atoms with Gasteiger partial charge >= 0.3 is 5.97 Å². The van der Waals surface area contributed by atoms with Gasteiger partial charge in [0, 0.05) is 12.4 Å². The van der Waals surface area contributed by atoms with Crippen LogP contribution in [0.5, 0.6) is 17.2 Å². The molecule has 0 saturated heterocycles. The van der Waals surface area contributed by atoms with Crippen LogP contribution >= 0.6 is 0 Å². The first kappa shape index (κ1) is 17.3. The summed E-state index contributed by atoms with van der Waals surface area (Å²) in [5, 5.41) is 0. The molecule has 0 spiro atoms. The highest BCUT2D eigenvalue weighted by Gasteiger charge is 2.16. The first-order valence-corrected chi connectivity index (χ1v) is 7.15. The molecule has 0 aliphatic heterocycles. The maximum Gasteiger partial charge on any atom is 0.338 e. The maximum atomic E-state index is 12.2. The van der Waals surface area contributed by atoms with Crippen LogP contribution in [0.15, 0.2) is 36.7 Å². The molecule has 0 aliphatic carbocycles. The summed E-state index contributed by atoms with van der Waals surface area (Å²) in [5.74, 6) is 1.04. The van der Waals surface area contributed by atoms with E-state index in [9.17, 15) is 4.79 Å². The van der Waals surface area contributed by atoms with Gasteiger partial charge in [-0.05, 0) is 41.5 Å². The van der Waals surface area contributed by atoms with Crippen LogP contribution in [0.25, 0.3) is 11.6 Å². The van der Waals surface area contributed by atoms with Crippen molar-refractivity contribution in [3.8, 4) is 17.2 Å². The average Bonchev–Trinajstić information content (AvgIpc) is 2.65. The van der Waals surface area contributed by atoms with E-state index in [2.05, 4.69) is 4.98 Å². The van der Waals surface area contributed by atoms with Crippen LogP contribution in [0, 0.1) is 0 Å². The number of nitrogens with zero attached hydrogens (tertiary/aromatic N) is 1. The van der Waals surface area contributed by atoms with Crippen LogP contribution in [-0.4, -0.2) is 39.4 Å². The van der Waals surface area contributed by atoms with Crippen LogP contribution in [-0.2, 0) is 9.53 Å². The third-order valence-electron chi connectivity index (χ3n) is 3.39. The minimum Gasteiger partial charge on any atom is -0.493 e. The van der Waals surface area contributed by atoms with Crippen LogP contribution in [0.1, 0.15) is 11.1 Å². The molecule has 24 heavy (non-hydrogen) atoms. The minimum absolute atomic E-state index is 0.397. The Balaban J connectivity index is 2.59. The van der Waals surface area contributed by atoms with Gasteiger partial charge in [-0.3, -0.25) is 4.98 Å². The van der Waals surface area contributed by atoms with E-state index in [1.807, 2.05) is 0 Å². The van der Waals surface area contributed by atoms with Crippen molar-refractivity contribution in [3.63, 3.8) is 0 Å². The van der Waals surface area contributed by atoms with Gasteiger partial charge in [0.15, 0.2) is 11.5 Å². The Morgan fingerprint density at radius 3 is 2.00 bits per heavy atom. The molecule has 6 nitrogen and oxygen atoms in total. The lowest BCUT2D eigenvalue weighted by Crippen LogP contribution is -2.04. The van der Waals surface area contributed by atoms with Crippen LogP contribution in [0.2, 0.25) is 0 Å². The Kier molecular flexibility index (Phi) is 5.78. The third kappa shape index (κ3) is 3.65. The van der Waals surface area contributed by atoms with Crippen molar-refractivity contribution in [2.45, 2.75) is 0 Å². The zero-order valence-corrected chi connectivity index (χ0v) is 14.0. The summed E-state index contributed by atoms with van der Waals surface area (Å²) in [6.45, 7) is 0. The van der Waals surface area contributed by atoms with Crippen molar-refractivity contribution in [1.29, 1.82) is 0 Å². The molecule has 0 saturated carbocycles. The molecule has 2 aromatic rings. The number of esters is 1. The average molecular weight is 329 g/mol. The van der Waals surface area contributed by atoms with Gasteiger partial charge in [-0.1, -0.05) is 0 Å². The summed E-state index contributed by atoms with van der Waals surface area (Å²) in [4.78, 5) is 16.1. The van der Waals surface area contributed by atoms with Crippen molar-refractivity contribution in [1.82, 2.24) is 4.98 Å². The first-order valence-electron chi connectivity index (χ1n) is 7.15. The van der Waals surface area contributed by atoms with Crippen LogP contribution < -0.4 is 14.2 Å². The number of hydrogen-bond donors (Lipinski definition) is 0. The molecular formula is C18H19NO5. The number of methoxy groups -OCH3 is 4. The van der Waals surface area contributed by atoms with Gasteiger partial charge in [-0.15, -0.1) is 0 Å². The van der Waals surface area contributed by atoms with Gasteiger partial charge in [0.2, 0.25) is 5.75 Å². The third-order valence-corrected chi connectivity index (χ3v) is 3.39. The second-order valence-corrected chi connectivity index (χ2v) is 4.74. The second kappa shape index (κ2) is 8.01. The Hall–Kier alpha value is -3.02. The molecule has 2 rings (SSSR count). The Morgan fingerprint density at radius 1 is 0.958 bits per heavy atom. The van der Waals surface area contributed by atoms with E-state index >= 15 is 0 Å². The maximum absolute atomic E-state index is 12.2. The SMILES string of the molecule is COC(=O)C(=Cc1cc(OC)c(OC)c(OC)c1)c1ccncc1. The van der Waals surface area contributed by atoms with Crippen LogP contribution in [0.3, 0.4) is 0 Å². The molecule has 0 fully saturated rings. The van der Waals surface area contributed by atoms with Gasteiger partial charge in [-0.25, -0.2) is 4.79 Å². The molecule has 0 radical (unpaired) electrons. The number of ether oxygens (including phenoxy) is 4. The number of carbonyl (C=O) groups is 1. The predicted molar refractivity (Wildman–Crippen MR) is 90.2 cm³/mol. The lowest BCUT2D eigenvalue weighted by atomic mass is 10.0. The highest BCUT2D eigenvalue weighted by molar-refractivity contribution is 6.21. The molecule has 0 unspecified atom stereocenters. The van der Waals surface area contributed by atoms with E-state index in [4.69, 9.17) is 18.9 Å². The molecule has 1 aromatic heterocycles. The quantitative estimate of drug-likeness (QED) is 0.600. The molecule has 1 aromatic carbocycles.